The van der Waals surface area contributed by atoms with Gasteiger partial charge in [0.15, 0.2) is 0 Å². The molecule has 0 spiro atoms. The molecule has 0 amide bonds. The van der Waals surface area contributed by atoms with E-state index in [0.717, 1.165) is 135 Å². The summed E-state index contributed by atoms with van der Waals surface area (Å²) in [4.78, 5) is 29.6. The van der Waals surface area contributed by atoms with Crippen molar-refractivity contribution in [2.45, 2.75) is 59.7 Å². The van der Waals surface area contributed by atoms with Gasteiger partial charge in [0.1, 0.15) is 0 Å². The van der Waals surface area contributed by atoms with E-state index in [2.05, 4.69) is 126 Å². The number of rotatable bonds is 12. The zero-order valence-electron chi connectivity index (χ0n) is 54.8. The summed E-state index contributed by atoms with van der Waals surface area (Å²) in [5, 5.41) is 17.3. The number of benzene rings is 12. The molecule has 99 heavy (non-hydrogen) atoms. The number of hydrogen-bond donors (Lipinski definition) is 3. The van der Waals surface area contributed by atoms with Crippen LogP contribution in [-0.4, -0.2) is 46.8 Å². The number of nitrogens with zero attached hydrogens (tertiary/aromatic N) is 9. The van der Waals surface area contributed by atoms with Gasteiger partial charge in [0.2, 0.25) is 0 Å². The molecule has 0 radical (unpaired) electrons. The minimum atomic E-state index is 0.130. The molecule has 0 saturated heterocycles. The zero-order chi connectivity index (χ0) is 68.8. The Morgan fingerprint density at radius 3 is 0.737 bits per heavy atom. The Labute approximate surface area is 603 Å². The van der Waals surface area contributed by atoms with Gasteiger partial charge in [-0.2, -0.15) is 0 Å². The standard InChI is InChI=1S/3C27H22Cl2N4/c3*1-17(2)30-24-16-27-25(15-23(24)31-20-11-7-18(28)8-12-20)32-22-5-3-4-6-26(22)33(27)21-13-9-19(29)10-14-21/h3*3-17,31H,1-2H3. The van der Waals surface area contributed by atoms with Gasteiger partial charge in [0.05, 0.1) is 100 Å². The van der Waals surface area contributed by atoms with Gasteiger partial charge in [-0.05, 0) is 260 Å². The summed E-state index contributed by atoms with van der Waals surface area (Å²) in [5.41, 5.74) is 19.8. The van der Waals surface area contributed by atoms with Crippen LogP contribution in [0.4, 0.5) is 34.1 Å². The molecule has 3 aliphatic carbocycles. The average molecular weight is 1420 g/mol. The van der Waals surface area contributed by atoms with Gasteiger partial charge < -0.3 is 29.7 Å². The normalized spacial score (nSPS) is 12.1. The van der Waals surface area contributed by atoms with Crippen LogP contribution in [-0.2, 0) is 0 Å². The summed E-state index contributed by atoms with van der Waals surface area (Å²) < 4.78 is 6.62. The lowest BCUT2D eigenvalue weighted by Gasteiger charge is -2.20. The Morgan fingerprint density at radius 1 is 0.283 bits per heavy atom. The Balaban J connectivity index is 0.000000133. The van der Waals surface area contributed by atoms with E-state index in [1.807, 2.05) is 200 Å². The molecule has 15 rings (SSSR count). The Kier molecular flexibility index (Phi) is 20.5. The van der Waals surface area contributed by atoms with Crippen molar-refractivity contribution >= 4 is 137 Å². The van der Waals surface area contributed by atoms with Crippen molar-refractivity contribution in [3.05, 3.63) is 301 Å². The lowest BCUT2D eigenvalue weighted by atomic mass is 10.1. The van der Waals surface area contributed by atoms with E-state index in [4.69, 9.17) is 99.5 Å². The molecule has 0 aromatic heterocycles. The number of fused-ring (bicyclic) bond motifs is 6. The van der Waals surface area contributed by atoms with Crippen LogP contribution >= 0.6 is 69.6 Å². The first-order valence-electron chi connectivity index (χ1n) is 32.3. The molecule has 3 N–H and O–H groups in total. The summed E-state index contributed by atoms with van der Waals surface area (Å²) in [5.74, 6) is 0. The van der Waals surface area contributed by atoms with Gasteiger partial charge >= 0.3 is 0 Å². The number of anilines is 6. The minimum absolute atomic E-state index is 0.130. The van der Waals surface area contributed by atoms with Crippen molar-refractivity contribution in [1.82, 2.24) is 28.7 Å². The molecule has 0 bridgehead atoms. The molecule has 6 aliphatic rings. The highest BCUT2D eigenvalue weighted by atomic mass is 35.5. The molecule has 0 unspecified atom stereocenters. The van der Waals surface area contributed by atoms with Crippen LogP contribution in [0.1, 0.15) is 41.5 Å². The second kappa shape index (κ2) is 30.0. The van der Waals surface area contributed by atoms with Gasteiger partial charge in [-0.25, -0.2) is 15.0 Å². The Bertz CT molecular complexity index is 4950. The second-order valence-corrected chi connectivity index (χ2v) is 27.0. The van der Waals surface area contributed by atoms with Gasteiger partial charge in [-0.1, -0.05) is 106 Å². The SMILES string of the molecule is CC(C)N=c1cc2n(-c3ccc(Cl)cc3)c3ccccc3nc-2cc1Nc1ccc(Cl)cc1.CC(C)N=c1cc2n(-c3ccc(Cl)cc3)c3ccccc3nc-2cc1Nc1ccc(Cl)cc1.CC(C)N=c1cc2n(-c3ccc(Cl)cc3)c3ccccc3nc-2cc1Nc1ccc(Cl)cc1. The zero-order valence-corrected chi connectivity index (χ0v) is 59.3. The number of aromatic nitrogens is 6. The van der Waals surface area contributed by atoms with Gasteiger partial charge in [0, 0.05) is 82.4 Å². The summed E-state index contributed by atoms with van der Waals surface area (Å²) in [6.45, 7) is 12.4. The largest absolute Gasteiger partial charge is 0.354 e. The van der Waals surface area contributed by atoms with Crippen molar-refractivity contribution in [3.8, 4) is 51.2 Å². The second-order valence-electron chi connectivity index (χ2n) is 24.4. The molecule has 0 fully saturated rings. The van der Waals surface area contributed by atoms with Crippen LogP contribution in [0.2, 0.25) is 30.1 Å². The van der Waals surface area contributed by atoms with Crippen LogP contribution in [0.3, 0.4) is 0 Å². The number of nitrogens with one attached hydrogen (secondary N) is 3. The van der Waals surface area contributed by atoms with E-state index in [1.165, 1.54) is 0 Å². The highest BCUT2D eigenvalue weighted by Crippen LogP contribution is 2.36. The van der Waals surface area contributed by atoms with E-state index in [9.17, 15) is 0 Å². The van der Waals surface area contributed by atoms with Crippen LogP contribution in [0.15, 0.2) is 270 Å². The van der Waals surface area contributed by atoms with Crippen molar-refractivity contribution < 1.29 is 0 Å². The number of halogens is 6. The Hall–Kier alpha value is -10.0. The fourth-order valence-electron chi connectivity index (χ4n) is 11.7. The molecule has 492 valence electrons. The fourth-order valence-corrected chi connectivity index (χ4v) is 12.4. The molecule has 18 heteroatoms. The maximum Gasteiger partial charge on any atom is 0.0900 e. The van der Waals surface area contributed by atoms with E-state index < -0.39 is 0 Å². The molecule has 9 aromatic rings. The van der Waals surface area contributed by atoms with Gasteiger partial charge in [-0.3, -0.25) is 15.0 Å². The summed E-state index contributed by atoms with van der Waals surface area (Å²) in [6.07, 6.45) is 0. The van der Waals surface area contributed by atoms with Crippen LogP contribution in [0.5, 0.6) is 0 Å². The van der Waals surface area contributed by atoms with E-state index in [-0.39, 0.29) is 18.1 Å². The predicted octanol–water partition coefficient (Wildman–Crippen LogP) is 22.5. The van der Waals surface area contributed by atoms with Gasteiger partial charge in [-0.15, -0.1) is 0 Å². The third-order valence-electron chi connectivity index (χ3n) is 15.9. The topological polar surface area (TPSA) is 127 Å². The summed E-state index contributed by atoms with van der Waals surface area (Å²) in [7, 11) is 0. The van der Waals surface area contributed by atoms with Crippen LogP contribution < -0.4 is 32.0 Å². The predicted molar refractivity (Wildman–Crippen MR) is 414 cm³/mol. The number of para-hydroxylation sites is 6. The lowest BCUT2D eigenvalue weighted by molar-refractivity contribution is 0.805. The molecule has 0 atom stereocenters. The van der Waals surface area contributed by atoms with Crippen molar-refractivity contribution in [2.24, 2.45) is 15.0 Å². The van der Waals surface area contributed by atoms with E-state index in [0.29, 0.717) is 30.1 Å². The van der Waals surface area contributed by atoms with Crippen molar-refractivity contribution in [3.63, 3.8) is 0 Å². The smallest absolute Gasteiger partial charge is 0.0900 e. The Morgan fingerprint density at radius 2 is 0.505 bits per heavy atom. The van der Waals surface area contributed by atoms with E-state index in [1.54, 1.807) is 0 Å². The van der Waals surface area contributed by atoms with Crippen molar-refractivity contribution in [1.29, 1.82) is 0 Å². The van der Waals surface area contributed by atoms with Crippen LogP contribution in [0.25, 0.3) is 84.3 Å². The highest BCUT2D eigenvalue weighted by Gasteiger charge is 2.21. The quantitative estimate of drug-likeness (QED) is 0.105. The first kappa shape index (κ1) is 67.5. The number of hydrogen-bond acceptors (Lipinski definition) is 9. The summed E-state index contributed by atoms with van der Waals surface area (Å²) >= 11 is 36.7. The molecule has 9 aromatic carbocycles. The third-order valence-corrected chi connectivity index (χ3v) is 17.4. The summed E-state index contributed by atoms with van der Waals surface area (Å²) in [6, 6.07) is 83.7. The van der Waals surface area contributed by atoms with E-state index >= 15 is 0 Å². The molecule has 0 saturated carbocycles. The van der Waals surface area contributed by atoms with Crippen LogP contribution in [0, 0.1) is 0 Å². The molecular weight excluding hydrogens is 1350 g/mol. The maximum atomic E-state index is 6.17. The highest BCUT2D eigenvalue weighted by molar-refractivity contribution is 6.32. The average Bonchev–Trinajstić information content (AvgIpc) is 0.765. The van der Waals surface area contributed by atoms with Gasteiger partial charge in [0.25, 0.3) is 0 Å². The molecule has 3 heterocycles. The maximum absolute atomic E-state index is 6.17. The molecule has 3 aliphatic heterocycles. The fraction of sp³-hybridized carbons (Fsp3) is 0.111. The van der Waals surface area contributed by atoms with Crippen molar-refractivity contribution in [2.75, 3.05) is 16.0 Å². The molecular formula is C81H66Cl6N12. The lowest BCUT2D eigenvalue weighted by Crippen LogP contribution is -2.16. The first-order valence-corrected chi connectivity index (χ1v) is 34.5. The minimum Gasteiger partial charge on any atom is -0.354 e. The first-order chi connectivity index (χ1) is 47.9. The third kappa shape index (κ3) is 15.8. The molecule has 12 nitrogen and oxygen atoms in total. The monoisotopic (exact) mass is 1420 g/mol.